The Morgan fingerprint density at radius 3 is 2.38 bits per heavy atom. The van der Waals surface area contributed by atoms with E-state index in [2.05, 4.69) is 32.9 Å². The number of hydrogen-bond donors (Lipinski definition) is 1. The molecule has 0 spiro atoms. The minimum atomic E-state index is -0.456. The summed E-state index contributed by atoms with van der Waals surface area (Å²) in [7, 11) is 2.09. The monoisotopic (exact) mass is 607 g/mol. The first-order chi connectivity index (χ1) is 21.7. The second kappa shape index (κ2) is 12.2. The highest BCUT2D eigenvalue weighted by atomic mass is 16.5. The molecule has 2 fully saturated rings. The Balaban J connectivity index is 1.25. The number of rotatable bonds is 8. The number of nitrogens with two attached hydrogens (primary N) is 1. The van der Waals surface area contributed by atoms with Crippen LogP contribution in [0.1, 0.15) is 20.3 Å². The Labute approximate surface area is 261 Å². The Kier molecular flexibility index (Phi) is 8.14. The van der Waals surface area contributed by atoms with Gasteiger partial charge in [-0.15, -0.1) is 0 Å². The third-order valence-electron chi connectivity index (χ3n) is 8.77. The van der Waals surface area contributed by atoms with Crippen LogP contribution in [0.4, 0.5) is 5.82 Å². The summed E-state index contributed by atoms with van der Waals surface area (Å²) in [4.78, 5) is 42.3. The predicted molar refractivity (Wildman–Crippen MR) is 171 cm³/mol. The molecule has 2 aliphatic rings. The van der Waals surface area contributed by atoms with Crippen molar-refractivity contribution >= 4 is 22.9 Å². The van der Waals surface area contributed by atoms with Crippen LogP contribution in [0.5, 0.6) is 11.5 Å². The number of nitriles is 1. The highest BCUT2D eigenvalue weighted by Gasteiger charge is 2.37. The number of likely N-dealkylation sites (tertiary alicyclic amines) is 1. The number of nitrogen functional groups attached to an aromatic ring is 1. The fourth-order valence-electron chi connectivity index (χ4n) is 6.03. The molecule has 12 nitrogen and oxygen atoms in total. The number of imidazole rings is 1. The van der Waals surface area contributed by atoms with Crippen molar-refractivity contribution in [3.8, 4) is 23.3 Å². The van der Waals surface area contributed by atoms with Crippen LogP contribution in [-0.2, 0) is 11.3 Å². The molecule has 2 N–H and O–H groups in total. The maximum absolute atomic E-state index is 13.9. The number of carbonyl (C=O) groups is 1. The molecule has 2 aliphatic heterocycles. The van der Waals surface area contributed by atoms with Crippen molar-refractivity contribution in [1.82, 2.24) is 33.8 Å². The number of fused-ring (bicyclic) bond motifs is 1. The lowest BCUT2D eigenvalue weighted by atomic mass is 9.95. The maximum atomic E-state index is 13.9. The zero-order valence-corrected chi connectivity index (χ0v) is 25.8. The summed E-state index contributed by atoms with van der Waals surface area (Å²) in [5.74, 6) is 1.17. The van der Waals surface area contributed by atoms with Gasteiger partial charge < -0.3 is 20.3 Å². The van der Waals surface area contributed by atoms with E-state index in [1.54, 1.807) is 35.2 Å². The average Bonchev–Trinajstić information content (AvgIpc) is 3.31. The lowest BCUT2D eigenvalue weighted by molar-refractivity contribution is -0.134. The summed E-state index contributed by atoms with van der Waals surface area (Å²) >= 11 is 0. The van der Waals surface area contributed by atoms with Gasteiger partial charge in [-0.1, -0.05) is 18.2 Å². The van der Waals surface area contributed by atoms with E-state index in [-0.39, 0.29) is 35.6 Å². The molecule has 1 unspecified atom stereocenters. The molecule has 2 aromatic carbocycles. The third-order valence-corrected chi connectivity index (χ3v) is 8.77. The molecular weight excluding hydrogens is 570 g/mol. The number of piperazine rings is 1. The molecule has 2 saturated heterocycles. The Bertz CT molecular complexity index is 1830. The number of benzene rings is 2. The lowest BCUT2D eigenvalue weighted by Crippen LogP contribution is -2.55. The smallest absolute Gasteiger partial charge is 0.335 e. The normalized spacial score (nSPS) is 18.0. The van der Waals surface area contributed by atoms with E-state index >= 15 is 0 Å². The van der Waals surface area contributed by atoms with Gasteiger partial charge in [-0.25, -0.2) is 14.8 Å². The molecule has 0 radical (unpaired) electrons. The summed E-state index contributed by atoms with van der Waals surface area (Å²) in [5.41, 5.74) is 6.94. The minimum Gasteiger partial charge on any atom is -0.457 e. The summed E-state index contributed by atoms with van der Waals surface area (Å²) < 4.78 is 8.94. The summed E-state index contributed by atoms with van der Waals surface area (Å²) in [6, 6.07) is 18.4. The molecule has 232 valence electrons. The second-order valence-corrected chi connectivity index (χ2v) is 12.1. The summed E-state index contributed by atoms with van der Waals surface area (Å²) in [6.45, 7) is 8.38. The number of para-hydroxylation sites is 1. The Hall–Kier alpha value is -4.99. The van der Waals surface area contributed by atoms with Crippen LogP contribution in [0.2, 0.25) is 0 Å². The maximum Gasteiger partial charge on any atom is 0.335 e. The fourth-order valence-corrected chi connectivity index (χ4v) is 6.03. The summed E-state index contributed by atoms with van der Waals surface area (Å²) in [5, 5.41) is 10.0. The molecule has 1 amide bonds. The minimum absolute atomic E-state index is 0.114. The first-order valence-electron chi connectivity index (χ1n) is 15.1. The predicted octanol–water partition coefficient (Wildman–Crippen LogP) is 3.03. The number of hydrogen-bond acceptors (Lipinski definition) is 9. The second-order valence-electron chi connectivity index (χ2n) is 12.1. The van der Waals surface area contributed by atoms with Crippen LogP contribution in [-0.4, -0.2) is 91.1 Å². The van der Waals surface area contributed by atoms with Crippen molar-refractivity contribution in [2.45, 2.75) is 38.4 Å². The van der Waals surface area contributed by atoms with Gasteiger partial charge >= 0.3 is 5.69 Å². The number of carbonyl (C=O) groups excluding carboxylic acids is 1. The lowest BCUT2D eigenvalue weighted by Gasteiger charge is -2.43. The molecule has 1 atom stereocenters. The van der Waals surface area contributed by atoms with Crippen LogP contribution in [0.15, 0.2) is 77.4 Å². The Morgan fingerprint density at radius 2 is 1.73 bits per heavy atom. The van der Waals surface area contributed by atoms with E-state index in [9.17, 15) is 14.9 Å². The quantitative estimate of drug-likeness (QED) is 0.237. The van der Waals surface area contributed by atoms with E-state index in [4.69, 9.17) is 10.5 Å². The van der Waals surface area contributed by atoms with Crippen LogP contribution < -0.4 is 16.2 Å². The molecule has 4 heterocycles. The molecular formula is C33H37N9O3. The fraction of sp³-hybridized carbons (Fsp3) is 0.364. The number of anilines is 1. The van der Waals surface area contributed by atoms with Crippen molar-refractivity contribution in [3.63, 3.8) is 0 Å². The van der Waals surface area contributed by atoms with Gasteiger partial charge in [0.1, 0.15) is 35.0 Å². The van der Waals surface area contributed by atoms with Crippen molar-refractivity contribution in [2.75, 3.05) is 45.5 Å². The molecule has 0 saturated carbocycles. The largest absolute Gasteiger partial charge is 0.457 e. The Morgan fingerprint density at radius 1 is 1.04 bits per heavy atom. The molecule has 4 aromatic rings. The first kappa shape index (κ1) is 30.1. The number of likely N-dealkylation sites (N-methyl/N-ethyl adjacent to an activating group) is 1. The zero-order chi connectivity index (χ0) is 31.7. The van der Waals surface area contributed by atoms with Crippen LogP contribution in [0, 0.1) is 11.3 Å². The first-order valence-corrected chi connectivity index (χ1v) is 15.1. The number of nitrogens with zero attached hydrogens (tertiary/aromatic N) is 8. The van der Waals surface area contributed by atoms with Crippen LogP contribution >= 0.6 is 0 Å². The number of aromatic nitrogens is 4. The van der Waals surface area contributed by atoms with Crippen molar-refractivity contribution in [2.24, 2.45) is 0 Å². The van der Waals surface area contributed by atoms with E-state index in [0.29, 0.717) is 41.3 Å². The summed E-state index contributed by atoms with van der Waals surface area (Å²) in [6.07, 6.45) is 3.81. The molecule has 12 heteroatoms. The zero-order valence-electron chi connectivity index (χ0n) is 25.8. The topological polar surface area (TPSA) is 139 Å². The highest BCUT2D eigenvalue weighted by molar-refractivity contribution is 5.98. The van der Waals surface area contributed by atoms with Crippen LogP contribution in [0.25, 0.3) is 16.9 Å². The van der Waals surface area contributed by atoms with Gasteiger partial charge in [0.15, 0.2) is 11.5 Å². The van der Waals surface area contributed by atoms with Crippen molar-refractivity contribution in [1.29, 1.82) is 5.26 Å². The van der Waals surface area contributed by atoms with Gasteiger partial charge in [-0.3, -0.25) is 18.8 Å². The van der Waals surface area contributed by atoms with Crippen molar-refractivity contribution in [3.05, 3.63) is 83.1 Å². The van der Waals surface area contributed by atoms with Crippen LogP contribution in [0.3, 0.4) is 0 Å². The van der Waals surface area contributed by atoms with E-state index in [0.717, 1.165) is 26.2 Å². The van der Waals surface area contributed by atoms with Gasteiger partial charge in [0.05, 0.1) is 11.7 Å². The van der Waals surface area contributed by atoms with E-state index in [1.807, 2.05) is 44.2 Å². The molecule has 0 aliphatic carbocycles. The molecule has 0 bridgehead atoms. The highest BCUT2D eigenvalue weighted by Crippen LogP contribution is 2.28. The van der Waals surface area contributed by atoms with E-state index < -0.39 is 5.54 Å². The number of ether oxygens (including phenoxy) is 1. The standard InChI is InChI=1S/C33H37N9O3/c1-33(2,39-17-15-38(3)16-18-39)19-23(20-34)31(43)40-14-13-25(40)21-41-30-28(29(35)36-22-37-30)42(32(41)44)24-9-11-27(12-10-24)45-26-7-5-4-6-8-26/h4-12,19,22,25H,13-18,21H2,1-3H3,(H2,35,36,37). The van der Waals surface area contributed by atoms with Gasteiger partial charge in [0.2, 0.25) is 0 Å². The van der Waals surface area contributed by atoms with Crippen molar-refractivity contribution < 1.29 is 9.53 Å². The molecule has 6 rings (SSSR count). The van der Waals surface area contributed by atoms with Gasteiger partial charge in [-0.2, -0.15) is 5.26 Å². The molecule has 45 heavy (non-hydrogen) atoms. The van der Waals surface area contributed by atoms with Gasteiger partial charge in [0, 0.05) is 44.8 Å². The molecule has 2 aromatic heterocycles. The van der Waals surface area contributed by atoms with Gasteiger partial charge in [0.25, 0.3) is 5.91 Å². The third kappa shape index (κ3) is 5.92. The van der Waals surface area contributed by atoms with E-state index in [1.165, 1.54) is 15.5 Å². The number of amides is 1. The average molecular weight is 608 g/mol. The SMILES string of the molecule is CN1CCN(C(C)(C)C=C(C#N)C(=O)N2CCC2Cn2c(=O)n(-c3ccc(Oc4ccccc4)cc3)c3c(N)ncnc32)CC1. The van der Waals surface area contributed by atoms with Gasteiger partial charge in [-0.05, 0) is 69.8 Å².